The van der Waals surface area contributed by atoms with Crippen molar-refractivity contribution in [1.29, 1.82) is 5.26 Å². The third-order valence-corrected chi connectivity index (χ3v) is 3.19. The maximum atomic E-state index is 12.9. The van der Waals surface area contributed by atoms with Crippen molar-refractivity contribution in [2.75, 3.05) is 11.9 Å². The largest absolute Gasteiger partial charge is 0.368 e. The Morgan fingerprint density at radius 3 is 2.65 bits per heavy atom. The number of benzene rings is 1. The summed E-state index contributed by atoms with van der Waals surface area (Å²) < 4.78 is 14.6. The van der Waals surface area contributed by atoms with Crippen molar-refractivity contribution in [2.24, 2.45) is 0 Å². The van der Waals surface area contributed by atoms with Gasteiger partial charge in [0.15, 0.2) is 5.69 Å². The molecule has 0 saturated heterocycles. The van der Waals surface area contributed by atoms with Gasteiger partial charge in [-0.2, -0.15) is 10.4 Å². The van der Waals surface area contributed by atoms with Gasteiger partial charge in [0.1, 0.15) is 17.7 Å². The zero-order valence-electron chi connectivity index (χ0n) is 12.1. The summed E-state index contributed by atoms with van der Waals surface area (Å²) in [6.45, 7) is 0.640. The summed E-state index contributed by atoms with van der Waals surface area (Å²) in [5, 5.41) is 16.2. The Kier molecular flexibility index (Phi) is 4.25. The molecule has 0 amide bonds. The summed E-state index contributed by atoms with van der Waals surface area (Å²) in [4.78, 5) is 8.02. The quantitative estimate of drug-likeness (QED) is 0.782. The molecule has 2 aromatic heterocycles. The van der Waals surface area contributed by atoms with E-state index in [-0.39, 0.29) is 11.5 Å². The lowest BCUT2D eigenvalue weighted by Crippen LogP contribution is -2.07. The molecule has 0 atom stereocenters. The Morgan fingerprint density at radius 2 is 1.96 bits per heavy atom. The molecule has 6 nitrogen and oxygen atoms in total. The topological polar surface area (TPSA) is 79.4 Å². The fraction of sp³-hybridized carbons (Fsp3) is 0.125. The van der Waals surface area contributed by atoms with Crippen LogP contribution in [0.2, 0.25) is 0 Å². The Morgan fingerprint density at radius 1 is 1.13 bits per heavy atom. The number of halogens is 1. The van der Waals surface area contributed by atoms with Gasteiger partial charge in [0.05, 0.1) is 23.8 Å². The van der Waals surface area contributed by atoms with Gasteiger partial charge in [-0.3, -0.25) is 0 Å². The Labute approximate surface area is 132 Å². The zero-order chi connectivity index (χ0) is 16.1. The van der Waals surface area contributed by atoms with Gasteiger partial charge in [0, 0.05) is 19.2 Å². The number of nitrogens with zero attached hydrogens (tertiary/aromatic N) is 5. The van der Waals surface area contributed by atoms with E-state index in [1.54, 1.807) is 16.8 Å². The van der Waals surface area contributed by atoms with Crippen molar-refractivity contribution in [3.63, 3.8) is 0 Å². The van der Waals surface area contributed by atoms with Crippen molar-refractivity contribution < 1.29 is 4.39 Å². The standard InChI is InChI=1S/C16H13FN6/c17-12-1-3-15(4-2-12)23-8-6-13(22-23)5-7-19-16-11-20-14(9-18)10-21-16/h1-4,6,8,10-11H,5,7H2,(H,19,21). The first kappa shape index (κ1) is 14.7. The van der Waals surface area contributed by atoms with E-state index in [1.807, 2.05) is 18.3 Å². The molecular formula is C16H13FN6. The highest BCUT2D eigenvalue weighted by atomic mass is 19.1. The van der Waals surface area contributed by atoms with Gasteiger partial charge in [-0.25, -0.2) is 19.0 Å². The molecule has 0 aliphatic rings. The molecule has 1 N–H and O–H groups in total. The monoisotopic (exact) mass is 308 g/mol. The number of anilines is 1. The van der Waals surface area contributed by atoms with E-state index in [2.05, 4.69) is 20.4 Å². The highest BCUT2D eigenvalue weighted by Gasteiger charge is 2.02. The summed E-state index contributed by atoms with van der Waals surface area (Å²) in [7, 11) is 0. The Balaban J connectivity index is 1.56. The normalized spacial score (nSPS) is 10.3. The lowest BCUT2D eigenvalue weighted by molar-refractivity contribution is 0.627. The second-order valence-corrected chi connectivity index (χ2v) is 4.80. The zero-order valence-corrected chi connectivity index (χ0v) is 12.1. The third-order valence-electron chi connectivity index (χ3n) is 3.19. The molecule has 23 heavy (non-hydrogen) atoms. The highest BCUT2D eigenvalue weighted by molar-refractivity contribution is 5.34. The van der Waals surface area contributed by atoms with Crippen LogP contribution in [0.4, 0.5) is 10.2 Å². The molecule has 0 bridgehead atoms. The summed E-state index contributed by atoms with van der Waals surface area (Å²) in [5.74, 6) is 0.343. The van der Waals surface area contributed by atoms with E-state index in [4.69, 9.17) is 5.26 Å². The molecule has 2 heterocycles. The van der Waals surface area contributed by atoms with Crippen LogP contribution in [0.5, 0.6) is 0 Å². The number of aromatic nitrogens is 4. The summed E-state index contributed by atoms with van der Waals surface area (Å²) in [6.07, 6.45) is 5.49. The van der Waals surface area contributed by atoms with Crippen molar-refractivity contribution >= 4 is 5.82 Å². The smallest absolute Gasteiger partial charge is 0.158 e. The lowest BCUT2D eigenvalue weighted by Gasteiger charge is -2.03. The number of nitriles is 1. The van der Waals surface area contributed by atoms with Crippen molar-refractivity contribution in [3.05, 3.63) is 66.1 Å². The van der Waals surface area contributed by atoms with Gasteiger partial charge in [-0.15, -0.1) is 0 Å². The van der Waals surface area contributed by atoms with Crippen LogP contribution in [0.15, 0.2) is 48.9 Å². The lowest BCUT2D eigenvalue weighted by atomic mass is 10.3. The second-order valence-electron chi connectivity index (χ2n) is 4.80. The minimum Gasteiger partial charge on any atom is -0.368 e. The van der Waals surface area contributed by atoms with Crippen LogP contribution in [0.1, 0.15) is 11.4 Å². The molecule has 0 spiro atoms. The first-order valence-corrected chi connectivity index (χ1v) is 7.01. The predicted octanol–water partition coefficient (Wildman–Crippen LogP) is 2.33. The molecule has 3 aromatic rings. The van der Waals surface area contributed by atoms with Crippen molar-refractivity contribution in [1.82, 2.24) is 19.7 Å². The molecule has 1 aromatic carbocycles. The van der Waals surface area contributed by atoms with Crippen LogP contribution in [0.25, 0.3) is 5.69 Å². The van der Waals surface area contributed by atoms with Crippen molar-refractivity contribution in [3.8, 4) is 11.8 Å². The van der Waals surface area contributed by atoms with E-state index >= 15 is 0 Å². The molecule has 0 fully saturated rings. The minimum absolute atomic E-state index is 0.270. The maximum Gasteiger partial charge on any atom is 0.158 e. The third kappa shape index (κ3) is 3.68. The first-order valence-electron chi connectivity index (χ1n) is 7.01. The van der Waals surface area contributed by atoms with E-state index in [1.165, 1.54) is 24.5 Å². The van der Waals surface area contributed by atoms with Gasteiger partial charge in [0.2, 0.25) is 0 Å². The molecule has 7 heteroatoms. The number of rotatable bonds is 5. The van der Waals surface area contributed by atoms with Crippen LogP contribution >= 0.6 is 0 Å². The van der Waals surface area contributed by atoms with Crippen LogP contribution in [-0.4, -0.2) is 26.3 Å². The molecule has 0 radical (unpaired) electrons. The van der Waals surface area contributed by atoms with Gasteiger partial charge in [-0.05, 0) is 30.3 Å². The van der Waals surface area contributed by atoms with E-state index < -0.39 is 0 Å². The maximum absolute atomic E-state index is 12.9. The second kappa shape index (κ2) is 6.66. The molecule has 114 valence electrons. The van der Waals surface area contributed by atoms with E-state index in [0.29, 0.717) is 18.8 Å². The number of hydrogen-bond acceptors (Lipinski definition) is 5. The number of hydrogen-bond donors (Lipinski definition) is 1. The van der Waals surface area contributed by atoms with E-state index in [9.17, 15) is 4.39 Å². The van der Waals surface area contributed by atoms with Crippen molar-refractivity contribution in [2.45, 2.75) is 6.42 Å². The number of nitrogens with one attached hydrogen (secondary N) is 1. The van der Waals surface area contributed by atoms with E-state index in [0.717, 1.165) is 11.4 Å². The predicted molar refractivity (Wildman–Crippen MR) is 82.5 cm³/mol. The SMILES string of the molecule is N#Cc1cnc(NCCc2ccn(-c3ccc(F)cc3)n2)cn1. The molecule has 0 aliphatic carbocycles. The summed E-state index contributed by atoms with van der Waals surface area (Å²) in [5.41, 5.74) is 2.00. The Bertz CT molecular complexity index is 817. The molecule has 0 aliphatic heterocycles. The van der Waals surface area contributed by atoms with Crippen LogP contribution in [0.3, 0.4) is 0 Å². The molecule has 3 rings (SSSR count). The van der Waals surface area contributed by atoms with Gasteiger partial charge in [0.25, 0.3) is 0 Å². The van der Waals surface area contributed by atoms with Gasteiger partial charge >= 0.3 is 0 Å². The van der Waals surface area contributed by atoms with Crippen LogP contribution in [0, 0.1) is 17.1 Å². The first-order chi connectivity index (χ1) is 11.2. The molecule has 0 unspecified atom stereocenters. The van der Waals surface area contributed by atoms with Crippen LogP contribution < -0.4 is 5.32 Å². The average molecular weight is 308 g/mol. The fourth-order valence-electron chi connectivity index (χ4n) is 2.03. The minimum atomic E-state index is -0.270. The van der Waals surface area contributed by atoms with Gasteiger partial charge in [-0.1, -0.05) is 0 Å². The van der Waals surface area contributed by atoms with Gasteiger partial charge < -0.3 is 5.32 Å². The highest BCUT2D eigenvalue weighted by Crippen LogP contribution is 2.09. The summed E-state index contributed by atoms with van der Waals surface area (Å²) >= 11 is 0. The fourth-order valence-corrected chi connectivity index (χ4v) is 2.03. The molecular weight excluding hydrogens is 295 g/mol. The Hall–Kier alpha value is -3.27. The summed E-state index contributed by atoms with van der Waals surface area (Å²) in [6, 6.07) is 10.00. The molecule has 0 saturated carbocycles. The average Bonchev–Trinajstić information content (AvgIpc) is 3.05. The van der Waals surface area contributed by atoms with Crippen LogP contribution in [-0.2, 0) is 6.42 Å².